The Morgan fingerprint density at radius 3 is 2.74 bits per heavy atom. The van der Waals surface area contributed by atoms with Crippen LogP contribution >= 0.6 is 23.4 Å². The maximum atomic E-state index is 12.6. The molecule has 142 valence electrons. The van der Waals surface area contributed by atoms with Crippen LogP contribution in [0.15, 0.2) is 52.9 Å². The second-order valence-corrected chi connectivity index (χ2v) is 7.52. The van der Waals surface area contributed by atoms with E-state index in [0.717, 1.165) is 27.5 Å². The number of ether oxygens (including phenoxy) is 1. The van der Waals surface area contributed by atoms with E-state index in [1.807, 2.05) is 55.5 Å². The zero-order valence-corrected chi connectivity index (χ0v) is 16.7. The van der Waals surface area contributed by atoms with Gasteiger partial charge in [-0.25, -0.2) is 0 Å². The maximum Gasteiger partial charge on any atom is 0.287 e. The third-order valence-electron chi connectivity index (χ3n) is 4.07. The number of furan rings is 1. The van der Waals surface area contributed by atoms with Crippen LogP contribution in [0.1, 0.15) is 28.6 Å². The first-order valence-corrected chi connectivity index (χ1v) is 10.4. The standard InChI is InChI=1S/C21H22ClNO3S/c1-2-25-13-18-17-5-3-4-6-19(17)26-20(18)21(24)23-11-12-27-14-15-7-9-16(22)10-8-15/h3-10H,2,11-14H2,1H3,(H,23,24). The quantitative estimate of drug-likeness (QED) is 0.493. The number of amides is 1. The van der Waals surface area contributed by atoms with Gasteiger partial charge in [-0.05, 0) is 30.7 Å². The average molecular weight is 404 g/mol. The van der Waals surface area contributed by atoms with Crippen LogP contribution in [0.5, 0.6) is 0 Å². The van der Waals surface area contributed by atoms with Crippen molar-refractivity contribution in [2.24, 2.45) is 0 Å². The van der Waals surface area contributed by atoms with Gasteiger partial charge in [0.25, 0.3) is 5.91 Å². The lowest BCUT2D eigenvalue weighted by molar-refractivity contribution is 0.0917. The zero-order valence-electron chi connectivity index (χ0n) is 15.2. The molecule has 1 aromatic heterocycles. The van der Waals surface area contributed by atoms with Crippen molar-refractivity contribution in [3.8, 4) is 0 Å². The van der Waals surface area contributed by atoms with Gasteiger partial charge in [0.15, 0.2) is 5.76 Å². The number of para-hydroxylation sites is 1. The fourth-order valence-corrected chi connectivity index (χ4v) is 3.66. The summed E-state index contributed by atoms with van der Waals surface area (Å²) in [6.07, 6.45) is 0. The van der Waals surface area contributed by atoms with Crippen LogP contribution in [0.2, 0.25) is 5.02 Å². The Labute approximate surface area is 168 Å². The van der Waals surface area contributed by atoms with Crippen LogP contribution in [-0.4, -0.2) is 24.8 Å². The Hall–Kier alpha value is -1.95. The van der Waals surface area contributed by atoms with E-state index in [2.05, 4.69) is 5.32 Å². The summed E-state index contributed by atoms with van der Waals surface area (Å²) in [6.45, 7) is 3.45. The number of nitrogens with one attached hydrogen (secondary N) is 1. The Kier molecular flexibility index (Phi) is 7.21. The minimum absolute atomic E-state index is 0.201. The topological polar surface area (TPSA) is 51.5 Å². The number of benzene rings is 2. The van der Waals surface area contributed by atoms with Gasteiger partial charge in [0.1, 0.15) is 5.58 Å². The molecule has 0 aliphatic heterocycles. The molecule has 1 N–H and O–H groups in total. The van der Waals surface area contributed by atoms with Crippen molar-refractivity contribution in [2.75, 3.05) is 18.9 Å². The van der Waals surface area contributed by atoms with E-state index >= 15 is 0 Å². The Morgan fingerprint density at radius 2 is 1.96 bits per heavy atom. The first-order valence-electron chi connectivity index (χ1n) is 8.87. The summed E-state index contributed by atoms with van der Waals surface area (Å²) in [5, 5.41) is 4.61. The fourth-order valence-electron chi connectivity index (χ4n) is 2.72. The molecule has 0 fully saturated rings. The summed E-state index contributed by atoms with van der Waals surface area (Å²) in [7, 11) is 0. The van der Waals surface area contributed by atoms with Crippen molar-refractivity contribution >= 4 is 40.2 Å². The number of hydrogen-bond acceptors (Lipinski definition) is 4. The third kappa shape index (κ3) is 5.28. The summed E-state index contributed by atoms with van der Waals surface area (Å²) in [4.78, 5) is 12.6. The van der Waals surface area contributed by atoms with E-state index in [1.165, 1.54) is 5.56 Å². The third-order valence-corrected chi connectivity index (χ3v) is 5.35. The monoisotopic (exact) mass is 403 g/mol. The number of thioether (sulfide) groups is 1. The molecule has 4 nitrogen and oxygen atoms in total. The minimum Gasteiger partial charge on any atom is -0.451 e. The lowest BCUT2D eigenvalue weighted by Crippen LogP contribution is -2.26. The van der Waals surface area contributed by atoms with E-state index in [0.29, 0.717) is 31.1 Å². The number of hydrogen-bond donors (Lipinski definition) is 1. The van der Waals surface area contributed by atoms with E-state index in [4.69, 9.17) is 20.8 Å². The van der Waals surface area contributed by atoms with Crippen molar-refractivity contribution in [2.45, 2.75) is 19.3 Å². The zero-order chi connectivity index (χ0) is 19.1. The molecule has 0 bridgehead atoms. The highest BCUT2D eigenvalue weighted by molar-refractivity contribution is 7.98. The Bertz CT molecular complexity index is 892. The molecule has 0 saturated heterocycles. The lowest BCUT2D eigenvalue weighted by Gasteiger charge is -2.06. The molecule has 0 aliphatic rings. The smallest absolute Gasteiger partial charge is 0.287 e. The average Bonchev–Trinajstić information content (AvgIpc) is 3.06. The van der Waals surface area contributed by atoms with Gasteiger partial charge in [0, 0.05) is 40.6 Å². The number of carbonyl (C=O) groups is 1. The molecule has 27 heavy (non-hydrogen) atoms. The highest BCUT2D eigenvalue weighted by Gasteiger charge is 2.20. The van der Waals surface area contributed by atoms with Crippen LogP contribution in [0.3, 0.4) is 0 Å². The van der Waals surface area contributed by atoms with Crippen LogP contribution in [-0.2, 0) is 17.1 Å². The molecule has 0 radical (unpaired) electrons. The molecule has 0 saturated carbocycles. The number of halogens is 1. The summed E-state index contributed by atoms with van der Waals surface area (Å²) in [5.41, 5.74) is 2.72. The van der Waals surface area contributed by atoms with Crippen molar-refractivity contribution in [1.82, 2.24) is 5.32 Å². The highest BCUT2D eigenvalue weighted by Crippen LogP contribution is 2.26. The molecule has 0 spiro atoms. The summed E-state index contributed by atoms with van der Waals surface area (Å²) < 4.78 is 11.3. The van der Waals surface area contributed by atoms with Crippen LogP contribution in [0.4, 0.5) is 0 Å². The van der Waals surface area contributed by atoms with E-state index in [1.54, 1.807) is 11.8 Å². The highest BCUT2D eigenvalue weighted by atomic mass is 35.5. The predicted molar refractivity (Wildman–Crippen MR) is 111 cm³/mol. The molecule has 6 heteroatoms. The first kappa shape index (κ1) is 19.8. The predicted octanol–water partition coefficient (Wildman–Crippen LogP) is 5.29. The van der Waals surface area contributed by atoms with E-state index in [9.17, 15) is 4.79 Å². The Balaban J connectivity index is 1.55. The van der Waals surface area contributed by atoms with Gasteiger partial charge >= 0.3 is 0 Å². The molecule has 3 aromatic rings. The van der Waals surface area contributed by atoms with Gasteiger partial charge in [-0.2, -0.15) is 11.8 Å². The van der Waals surface area contributed by atoms with Crippen LogP contribution in [0, 0.1) is 0 Å². The second-order valence-electron chi connectivity index (χ2n) is 5.98. The number of fused-ring (bicyclic) bond motifs is 1. The Morgan fingerprint density at radius 1 is 1.19 bits per heavy atom. The normalized spacial score (nSPS) is 11.0. The number of rotatable bonds is 9. The fraction of sp³-hybridized carbons (Fsp3) is 0.286. The largest absolute Gasteiger partial charge is 0.451 e. The van der Waals surface area contributed by atoms with Crippen molar-refractivity contribution < 1.29 is 13.9 Å². The number of carbonyl (C=O) groups excluding carboxylic acids is 1. The molecule has 1 amide bonds. The summed E-state index contributed by atoms with van der Waals surface area (Å²) >= 11 is 7.65. The van der Waals surface area contributed by atoms with Crippen molar-refractivity contribution in [1.29, 1.82) is 0 Å². The van der Waals surface area contributed by atoms with Crippen molar-refractivity contribution in [3.05, 3.63) is 70.4 Å². The van der Waals surface area contributed by atoms with Crippen LogP contribution in [0.25, 0.3) is 11.0 Å². The van der Waals surface area contributed by atoms with Gasteiger partial charge in [0.05, 0.1) is 6.61 Å². The molecule has 0 aliphatic carbocycles. The molecule has 0 atom stereocenters. The molecular weight excluding hydrogens is 382 g/mol. The summed E-state index contributed by atoms with van der Waals surface area (Å²) in [6, 6.07) is 15.5. The minimum atomic E-state index is -0.201. The molecule has 3 rings (SSSR count). The lowest BCUT2D eigenvalue weighted by atomic mass is 10.1. The van der Waals surface area contributed by atoms with Crippen LogP contribution < -0.4 is 5.32 Å². The molecular formula is C21H22ClNO3S. The molecule has 1 heterocycles. The summed E-state index contributed by atoms with van der Waals surface area (Å²) in [5.74, 6) is 1.84. The van der Waals surface area contributed by atoms with E-state index < -0.39 is 0 Å². The molecule has 0 unspecified atom stereocenters. The van der Waals surface area contributed by atoms with Crippen molar-refractivity contribution in [3.63, 3.8) is 0 Å². The van der Waals surface area contributed by atoms with Gasteiger partial charge in [-0.1, -0.05) is 41.9 Å². The van der Waals surface area contributed by atoms with Gasteiger partial charge in [-0.15, -0.1) is 0 Å². The molecule has 2 aromatic carbocycles. The SMILES string of the molecule is CCOCc1c(C(=O)NCCSCc2ccc(Cl)cc2)oc2ccccc12. The maximum absolute atomic E-state index is 12.6. The van der Waals surface area contributed by atoms with E-state index in [-0.39, 0.29) is 5.91 Å². The first-order chi connectivity index (χ1) is 13.2. The van der Waals surface area contributed by atoms with Gasteiger partial charge in [0.2, 0.25) is 0 Å². The second kappa shape index (κ2) is 9.83. The van der Waals surface area contributed by atoms with Gasteiger partial charge < -0.3 is 14.5 Å². The van der Waals surface area contributed by atoms with Gasteiger partial charge in [-0.3, -0.25) is 4.79 Å².